The van der Waals surface area contributed by atoms with Crippen LogP contribution in [-0.2, 0) is 9.53 Å². The molecule has 1 N–H and O–H groups in total. The van der Waals surface area contributed by atoms with E-state index in [1.165, 1.54) is 0 Å². The van der Waals surface area contributed by atoms with E-state index in [9.17, 15) is 4.79 Å². The number of carbonyl (C=O) groups is 1. The highest BCUT2D eigenvalue weighted by molar-refractivity contribution is 6.32. The number of carbonyl (C=O) groups excluding carboxylic acids is 1. The van der Waals surface area contributed by atoms with Crippen molar-refractivity contribution in [2.24, 2.45) is 0 Å². The first kappa shape index (κ1) is 18.1. The van der Waals surface area contributed by atoms with Gasteiger partial charge in [0.2, 0.25) is 0 Å². The molecule has 128 valence electrons. The molecule has 1 aromatic carbocycles. The smallest absolute Gasteiger partial charge is 0.256 e. The summed E-state index contributed by atoms with van der Waals surface area (Å²) >= 11 is 6.19. The maximum atomic E-state index is 12.8. The van der Waals surface area contributed by atoms with Gasteiger partial charge in [0, 0.05) is 12.3 Å². The van der Waals surface area contributed by atoms with E-state index >= 15 is 0 Å². The molecular formula is C18H26ClNO3. The number of anilines is 1. The lowest BCUT2D eigenvalue weighted by atomic mass is 9.93. The predicted octanol–water partition coefficient (Wildman–Crippen LogP) is 4.81. The third-order valence-electron chi connectivity index (χ3n) is 4.24. The summed E-state index contributed by atoms with van der Waals surface area (Å²) < 4.78 is 11.3. The first-order chi connectivity index (χ1) is 11.1. The molecule has 1 saturated carbocycles. The monoisotopic (exact) mass is 339 g/mol. The van der Waals surface area contributed by atoms with Crippen LogP contribution in [0, 0.1) is 0 Å². The summed E-state index contributed by atoms with van der Waals surface area (Å²) in [6.07, 6.45) is 5.93. The van der Waals surface area contributed by atoms with Gasteiger partial charge in [-0.25, -0.2) is 0 Å². The van der Waals surface area contributed by atoms with Gasteiger partial charge in [-0.1, -0.05) is 37.3 Å². The van der Waals surface area contributed by atoms with E-state index < -0.39 is 5.60 Å². The molecule has 0 aliphatic heterocycles. The fourth-order valence-corrected chi connectivity index (χ4v) is 3.34. The highest BCUT2D eigenvalue weighted by atomic mass is 35.5. The summed E-state index contributed by atoms with van der Waals surface area (Å²) in [4.78, 5) is 12.8. The zero-order chi connectivity index (χ0) is 16.7. The molecule has 5 heteroatoms. The van der Waals surface area contributed by atoms with Crippen LogP contribution in [0.3, 0.4) is 0 Å². The van der Waals surface area contributed by atoms with E-state index in [0.29, 0.717) is 29.7 Å². The summed E-state index contributed by atoms with van der Waals surface area (Å²) in [5, 5.41) is 3.47. The quantitative estimate of drug-likeness (QED) is 0.757. The van der Waals surface area contributed by atoms with Gasteiger partial charge in [0.05, 0.1) is 11.6 Å². The zero-order valence-electron chi connectivity index (χ0n) is 14.0. The van der Waals surface area contributed by atoms with Crippen molar-refractivity contribution < 1.29 is 14.3 Å². The Labute approximate surface area is 143 Å². The Morgan fingerprint density at radius 3 is 2.43 bits per heavy atom. The lowest BCUT2D eigenvalue weighted by molar-refractivity contribution is -0.143. The minimum Gasteiger partial charge on any atom is -0.492 e. The number of hydrogen-bond donors (Lipinski definition) is 1. The molecule has 0 bridgehead atoms. The van der Waals surface area contributed by atoms with Crippen LogP contribution in [0.2, 0.25) is 5.02 Å². The fraction of sp³-hybridized carbons (Fsp3) is 0.611. The zero-order valence-corrected chi connectivity index (χ0v) is 14.7. The molecule has 1 amide bonds. The number of rotatable bonds is 6. The minimum absolute atomic E-state index is 0.0681. The Morgan fingerprint density at radius 1 is 1.17 bits per heavy atom. The molecule has 1 aliphatic rings. The summed E-state index contributed by atoms with van der Waals surface area (Å²) in [5.41, 5.74) is -0.0390. The van der Waals surface area contributed by atoms with Crippen molar-refractivity contribution >= 4 is 23.2 Å². The third kappa shape index (κ3) is 4.61. The number of halogens is 1. The maximum absolute atomic E-state index is 12.8. The van der Waals surface area contributed by atoms with Crippen LogP contribution < -0.4 is 10.1 Å². The first-order valence-corrected chi connectivity index (χ1v) is 8.87. The Balaban J connectivity index is 2.13. The molecule has 23 heavy (non-hydrogen) atoms. The molecule has 1 aliphatic carbocycles. The van der Waals surface area contributed by atoms with Crippen LogP contribution in [0.5, 0.6) is 5.75 Å². The van der Waals surface area contributed by atoms with Gasteiger partial charge < -0.3 is 14.8 Å². The van der Waals surface area contributed by atoms with Crippen LogP contribution in [0.1, 0.15) is 52.4 Å². The fourth-order valence-electron chi connectivity index (χ4n) is 3.11. The van der Waals surface area contributed by atoms with Crippen LogP contribution >= 0.6 is 11.6 Å². The van der Waals surface area contributed by atoms with Gasteiger partial charge in [-0.05, 0) is 44.9 Å². The van der Waals surface area contributed by atoms with Gasteiger partial charge in [0.15, 0.2) is 0 Å². The van der Waals surface area contributed by atoms with Gasteiger partial charge >= 0.3 is 0 Å². The molecule has 2 rings (SSSR count). The lowest BCUT2D eigenvalue weighted by Gasteiger charge is -2.31. The molecule has 1 aromatic rings. The predicted molar refractivity (Wildman–Crippen MR) is 93.3 cm³/mol. The molecule has 0 aromatic heterocycles. The van der Waals surface area contributed by atoms with Crippen molar-refractivity contribution in [3.63, 3.8) is 0 Å². The maximum Gasteiger partial charge on any atom is 0.256 e. The van der Waals surface area contributed by atoms with E-state index in [0.717, 1.165) is 38.5 Å². The lowest BCUT2D eigenvalue weighted by Crippen LogP contribution is -2.45. The largest absolute Gasteiger partial charge is 0.492 e. The van der Waals surface area contributed by atoms with Crippen molar-refractivity contribution in [2.75, 3.05) is 18.5 Å². The molecule has 1 fully saturated rings. The Hall–Kier alpha value is -1.26. The van der Waals surface area contributed by atoms with Gasteiger partial charge in [0.1, 0.15) is 11.4 Å². The standard InChI is InChI=1S/C18H26ClNO3/c1-3-22-16-10-9-14(13-15(16)19)20-17(21)18(23-4-2)11-7-5-6-8-12-18/h9-10,13H,3-8,11-12H2,1-2H3,(H,20,21). The minimum atomic E-state index is -0.712. The molecule has 0 saturated heterocycles. The van der Waals surface area contributed by atoms with E-state index in [1.54, 1.807) is 12.1 Å². The number of amides is 1. The molecule has 4 nitrogen and oxygen atoms in total. The van der Waals surface area contributed by atoms with Gasteiger partial charge in [0.25, 0.3) is 5.91 Å². The third-order valence-corrected chi connectivity index (χ3v) is 4.53. The number of benzene rings is 1. The second-order valence-electron chi connectivity index (χ2n) is 5.87. The van der Waals surface area contributed by atoms with Crippen molar-refractivity contribution in [1.82, 2.24) is 0 Å². The van der Waals surface area contributed by atoms with Crippen molar-refractivity contribution in [2.45, 2.75) is 58.0 Å². The van der Waals surface area contributed by atoms with E-state index in [4.69, 9.17) is 21.1 Å². The average Bonchev–Trinajstić information content (AvgIpc) is 2.77. The van der Waals surface area contributed by atoms with Crippen molar-refractivity contribution in [1.29, 1.82) is 0 Å². The molecule has 0 radical (unpaired) electrons. The molecule has 0 unspecified atom stereocenters. The van der Waals surface area contributed by atoms with Gasteiger partial charge in [-0.15, -0.1) is 0 Å². The Kier molecular flexibility index (Phi) is 6.72. The van der Waals surface area contributed by atoms with Crippen molar-refractivity contribution in [3.8, 4) is 5.75 Å². The molecular weight excluding hydrogens is 314 g/mol. The SMILES string of the molecule is CCOc1ccc(NC(=O)C2(OCC)CCCCCC2)cc1Cl. The first-order valence-electron chi connectivity index (χ1n) is 8.49. The van der Waals surface area contributed by atoms with Crippen LogP contribution in [0.15, 0.2) is 18.2 Å². The van der Waals surface area contributed by atoms with E-state index in [1.807, 2.05) is 19.9 Å². The van der Waals surface area contributed by atoms with Crippen LogP contribution in [0.25, 0.3) is 0 Å². The molecule has 0 heterocycles. The van der Waals surface area contributed by atoms with E-state index in [2.05, 4.69) is 5.32 Å². The highest BCUT2D eigenvalue weighted by Gasteiger charge is 2.39. The van der Waals surface area contributed by atoms with Crippen molar-refractivity contribution in [3.05, 3.63) is 23.2 Å². The average molecular weight is 340 g/mol. The Morgan fingerprint density at radius 2 is 1.87 bits per heavy atom. The highest BCUT2D eigenvalue weighted by Crippen LogP contribution is 2.33. The number of hydrogen-bond acceptors (Lipinski definition) is 3. The number of nitrogens with one attached hydrogen (secondary N) is 1. The van der Waals surface area contributed by atoms with Gasteiger partial charge in [-0.2, -0.15) is 0 Å². The normalized spacial score (nSPS) is 17.3. The number of ether oxygens (including phenoxy) is 2. The summed E-state index contributed by atoms with van der Waals surface area (Å²) in [5.74, 6) is 0.558. The topological polar surface area (TPSA) is 47.6 Å². The summed E-state index contributed by atoms with van der Waals surface area (Å²) in [6.45, 7) is 4.94. The second kappa shape index (κ2) is 8.55. The summed E-state index contributed by atoms with van der Waals surface area (Å²) in [6, 6.07) is 5.31. The van der Waals surface area contributed by atoms with Gasteiger partial charge in [-0.3, -0.25) is 4.79 Å². The summed E-state index contributed by atoms with van der Waals surface area (Å²) in [7, 11) is 0. The second-order valence-corrected chi connectivity index (χ2v) is 6.28. The van der Waals surface area contributed by atoms with Crippen LogP contribution in [-0.4, -0.2) is 24.7 Å². The Bertz CT molecular complexity index is 525. The molecule has 0 spiro atoms. The van der Waals surface area contributed by atoms with E-state index in [-0.39, 0.29) is 5.91 Å². The van der Waals surface area contributed by atoms with Crippen LogP contribution in [0.4, 0.5) is 5.69 Å². The molecule has 0 atom stereocenters.